The molecule has 2 atom stereocenters. The average Bonchev–Trinajstić information content (AvgIpc) is 2.83. The lowest BCUT2D eigenvalue weighted by molar-refractivity contribution is 0.369. The molecule has 2 unspecified atom stereocenters. The van der Waals surface area contributed by atoms with Gasteiger partial charge in [0.25, 0.3) is 0 Å². The monoisotopic (exact) mass is 294 g/mol. The van der Waals surface area contributed by atoms with Crippen LogP contribution in [0, 0.1) is 5.92 Å². The molecular weight excluding hydrogens is 272 g/mol. The lowest BCUT2D eigenvalue weighted by atomic mass is 10.0. The molecule has 3 nitrogen and oxygen atoms in total. The van der Waals surface area contributed by atoms with Gasteiger partial charge < -0.3 is 9.30 Å². The number of methoxy groups -OCH3 is 1. The number of hydrogen-bond acceptors (Lipinski definition) is 2. The van der Waals surface area contributed by atoms with E-state index in [1.807, 2.05) is 12.1 Å². The van der Waals surface area contributed by atoms with Gasteiger partial charge in [-0.3, -0.25) is 0 Å². The van der Waals surface area contributed by atoms with E-state index in [-0.39, 0.29) is 0 Å². The van der Waals surface area contributed by atoms with E-state index in [9.17, 15) is 0 Å². The molecule has 0 saturated carbocycles. The Bertz CT molecular complexity index is 579. The van der Waals surface area contributed by atoms with Crippen LogP contribution in [0.5, 0.6) is 5.75 Å². The fourth-order valence-corrected chi connectivity index (χ4v) is 2.78. The lowest BCUT2D eigenvalue weighted by Gasteiger charge is -2.23. The van der Waals surface area contributed by atoms with Crippen molar-refractivity contribution in [2.45, 2.75) is 39.7 Å². The zero-order valence-electron chi connectivity index (χ0n) is 12.7. The molecule has 1 aromatic heterocycles. The third kappa shape index (κ3) is 2.64. The second kappa shape index (κ2) is 6.49. The van der Waals surface area contributed by atoms with Gasteiger partial charge in [-0.1, -0.05) is 26.3 Å². The molecule has 0 aliphatic rings. The first-order chi connectivity index (χ1) is 9.63. The minimum absolute atomic E-state index is 0.398. The van der Waals surface area contributed by atoms with Gasteiger partial charge in [-0.05, 0) is 25.0 Å². The van der Waals surface area contributed by atoms with Crippen molar-refractivity contribution in [2.75, 3.05) is 13.0 Å². The Balaban J connectivity index is 2.63. The van der Waals surface area contributed by atoms with Gasteiger partial charge in [0.15, 0.2) is 0 Å². The topological polar surface area (TPSA) is 27.1 Å². The van der Waals surface area contributed by atoms with Crippen LogP contribution in [0.4, 0.5) is 0 Å². The van der Waals surface area contributed by atoms with Crippen molar-refractivity contribution in [3.63, 3.8) is 0 Å². The van der Waals surface area contributed by atoms with Gasteiger partial charge in [-0.2, -0.15) is 0 Å². The zero-order valence-corrected chi connectivity index (χ0v) is 13.4. The fourth-order valence-electron chi connectivity index (χ4n) is 2.62. The van der Waals surface area contributed by atoms with E-state index < -0.39 is 0 Å². The molecule has 0 fully saturated rings. The second-order valence-corrected chi connectivity index (χ2v) is 5.67. The standard InChI is InChI=1S/C16H23ClN2O/c1-5-11(2)12(3)19-13-7-6-8-14(20-4)16(13)18-15(19)9-10-17/h6-8,11-12H,5,9-10H2,1-4H3. The Hall–Kier alpha value is -1.22. The third-order valence-electron chi connectivity index (χ3n) is 4.17. The predicted molar refractivity (Wildman–Crippen MR) is 84.9 cm³/mol. The summed E-state index contributed by atoms with van der Waals surface area (Å²) in [6.45, 7) is 6.76. The van der Waals surface area contributed by atoms with Gasteiger partial charge in [0.2, 0.25) is 0 Å². The summed E-state index contributed by atoms with van der Waals surface area (Å²) in [5, 5.41) is 0. The van der Waals surface area contributed by atoms with E-state index >= 15 is 0 Å². The Morgan fingerprint density at radius 1 is 1.35 bits per heavy atom. The number of nitrogens with zero attached hydrogens (tertiary/aromatic N) is 2. The molecule has 4 heteroatoms. The van der Waals surface area contributed by atoms with Crippen LogP contribution >= 0.6 is 11.6 Å². The average molecular weight is 295 g/mol. The Kier molecular flexibility index (Phi) is 4.92. The molecule has 20 heavy (non-hydrogen) atoms. The maximum atomic E-state index is 5.94. The molecule has 0 N–H and O–H groups in total. The van der Waals surface area contributed by atoms with E-state index in [1.165, 1.54) is 0 Å². The van der Waals surface area contributed by atoms with Crippen LogP contribution in [0.3, 0.4) is 0 Å². The highest BCUT2D eigenvalue weighted by atomic mass is 35.5. The number of aromatic nitrogens is 2. The van der Waals surface area contributed by atoms with Crippen LogP contribution < -0.4 is 4.74 Å². The van der Waals surface area contributed by atoms with Crippen LogP contribution in [-0.2, 0) is 6.42 Å². The molecule has 0 bridgehead atoms. The smallest absolute Gasteiger partial charge is 0.146 e. The highest BCUT2D eigenvalue weighted by molar-refractivity contribution is 6.17. The van der Waals surface area contributed by atoms with Crippen molar-refractivity contribution in [1.82, 2.24) is 9.55 Å². The van der Waals surface area contributed by atoms with E-state index in [1.54, 1.807) is 7.11 Å². The van der Waals surface area contributed by atoms with Crippen molar-refractivity contribution < 1.29 is 4.74 Å². The van der Waals surface area contributed by atoms with Crippen molar-refractivity contribution in [2.24, 2.45) is 5.92 Å². The summed E-state index contributed by atoms with van der Waals surface area (Å²) >= 11 is 5.94. The Morgan fingerprint density at radius 3 is 2.70 bits per heavy atom. The molecule has 110 valence electrons. The van der Waals surface area contributed by atoms with Gasteiger partial charge in [0.05, 0.1) is 12.6 Å². The second-order valence-electron chi connectivity index (χ2n) is 5.29. The van der Waals surface area contributed by atoms with Gasteiger partial charge in [0, 0.05) is 18.3 Å². The van der Waals surface area contributed by atoms with Crippen molar-refractivity contribution in [3.8, 4) is 5.75 Å². The summed E-state index contributed by atoms with van der Waals surface area (Å²) in [5.41, 5.74) is 2.07. The Morgan fingerprint density at radius 2 is 2.10 bits per heavy atom. The zero-order chi connectivity index (χ0) is 14.7. The summed E-state index contributed by atoms with van der Waals surface area (Å²) in [6.07, 6.45) is 1.92. The van der Waals surface area contributed by atoms with Crippen molar-refractivity contribution in [3.05, 3.63) is 24.0 Å². The van der Waals surface area contributed by atoms with Gasteiger partial charge >= 0.3 is 0 Å². The van der Waals surface area contributed by atoms with Crippen molar-refractivity contribution >= 4 is 22.6 Å². The summed E-state index contributed by atoms with van der Waals surface area (Å²) < 4.78 is 7.76. The summed E-state index contributed by atoms with van der Waals surface area (Å²) in [7, 11) is 1.69. The van der Waals surface area contributed by atoms with Crippen LogP contribution in [0.15, 0.2) is 18.2 Å². The lowest BCUT2D eigenvalue weighted by Crippen LogP contribution is -2.16. The summed E-state index contributed by atoms with van der Waals surface area (Å²) in [4.78, 5) is 4.76. The molecule has 1 heterocycles. The first-order valence-electron chi connectivity index (χ1n) is 7.23. The van der Waals surface area contributed by atoms with Crippen LogP contribution in [0.1, 0.15) is 39.1 Å². The quantitative estimate of drug-likeness (QED) is 0.737. The highest BCUT2D eigenvalue weighted by Gasteiger charge is 2.20. The van der Waals surface area contributed by atoms with Crippen molar-refractivity contribution in [1.29, 1.82) is 0 Å². The number of benzene rings is 1. The SMILES string of the molecule is CCC(C)C(C)n1c(CCCl)nc2c(OC)cccc21. The molecular formula is C16H23ClN2O. The number of fused-ring (bicyclic) bond motifs is 1. The number of rotatable bonds is 6. The maximum Gasteiger partial charge on any atom is 0.146 e. The number of ether oxygens (including phenoxy) is 1. The fraction of sp³-hybridized carbons (Fsp3) is 0.562. The molecule has 0 spiro atoms. The number of hydrogen-bond donors (Lipinski definition) is 0. The van der Waals surface area contributed by atoms with E-state index in [0.717, 1.165) is 35.4 Å². The molecule has 0 radical (unpaired) electrons. The molecule has 2 rings (SSSR count). The van der Waals surface area contributed by atoms with Crippen LogP contribution in [-0.4, -0.2) is 22.5 Å². The third-order valence-corrected chi connectivity index (χ3v) is 4.36. The maximum absolute atomic E-state index is 5.94. The normalized spacial score (nSPS) is 14.4. The molecule has 0 saturated heterocycles. The molecule has 2 aromatic rings. The van der Waals surface area contributed by atoms with Crippen LogP contribution in [0.2, 0.25) is 0 Å². The highest BCUT2D eigenvalue weighted by Crippen LogP contribution is 2.31. The number of alkyl halides is 1. The molecule has 0 aliphatic carbocycles. The summed E-state index contributed by atoms with van der Waals surface area (Å²) in [6, 6.07) is 6.49. The van der Waals surface area contributed by atoms with Gasteiger partial charge in [0.1, 0.15) is 17.1 Å². The number of imidazole rings is 1. The van der Waals surface area contributed by atoms with Gasteiger partial charge in [-0.15, -0.1) is 11.6 Å². The summed E-state index contributed by atoms with van der Waals surface area (Å²) in [5.74, 6) is 3.05. The molecule has 0 aliphatic heterocycles. The van der Waals surface area contributed by atoms with E-state index in [4.69, 9.17) is 21.3 Å². The first kappa shape index (κ1) is 15.2. The predicted octanol–water partition coefficient (Wildman–Crippen LogP) is 4.43. The van der Waals surface area contributed by atoms with Crippen LogP contribution in [0.25, 0.3) is 11.0 Å². The Labute approximate surface area is 125 Å². The van der Waals surface area contributed by atoms with E-state index in [2.05, 4.69) is 31.4 Å². The minimum Gasteiger partial charge on any atom is -0.494 e. The first-order valence-corrected chi connectivity index (χ1v) is 7.77. The number of para-hydroxylation sites is 1. The number of halogens is 1. The van der Waals surface area contributed by atoms with Gasteiger partial charge in [-0.25, -0.2) is 4.98 Å². The molecule has 0 amide bonds. The minimum atomic E-state index is 0.398. The largest absolute Gasteiger partial charge is 0.494 e. The van der Waals surface area contributed by atoms with E-state index in [0.29, 0.717) is 17.8 Å². The molecule has 1 aromatic carbocycles. The number of aryl methyl sites for hydroxylation is 1.